The normalized spacial score (nSPS) is 18.4. The van der Waals surface area contributed by atoms with Gasteiger partial charge in [0.1, 0.15) is 0 Å². The highest BCUT2D eigenvalue weighted by atomic mass is 35.5. The molecule has 1 aliphatic rings. The molecule has 6 heteroatoms. The molecule has 1 aliphatic heterocycles. The van der Waals surface area contributed by atoms with Crippen LogP contribution in [0.25, 0.3) is 0 Å². The van der Waals surface area contributed by atoms with E-state index >= 15 is 0 Å². The van der Waals surface area contributed by atoms with Gasteiger partial charge in [0.25, 0.3) is 0 Å². The smallest absolute Gasteiger partial charge is 0.225 e. The predicted molar refractivity (Wildman–Crippen MR) is 87.5 cm³/mol. The fourth-order valence-corrected chi connectivity index (χ4v) is 3.67. The van der Waals surface area contributed by atoms with Crippen molar-refractivity contribution in [2.45, 2.75) is 18.9 Å². The summed E-state index contributed by atoms with van der Waals surface area (Å²) in [6.07, 6.45) is 1.69. The lowest BCUT2D eigenvalue weighted by Crippen LogP contribution is -2.34. The van der Waals surface area contributed by atoms with Crippen molar-refractivity contribution < 1.29 is 4.79 Å². The first-order chi connectivity index (χ1) is 9.56. The van der Waals surface area contributed by atoms with Crippen LogP contribution < -0.4 is 11.1 Å². The van der Waals surface area contributed by atoms with Gasteiger partial charge in [-0.2, -0.15) is 11.8 Å². The number of nitrogens with one attached hydrogen (secondary N) is 1. The van der Waals surface area contributed by atoms with Crippen molar-refractivity contribution in [3.8, 4) is 0 Å². The average molecular weight is 314 g/mol. The number of halogens is 1. The number of hydrogen-bond donors (Lipinski definition) is 2. The van der Waals surface area contributed by atoms with Gasteiger partial charge in [0.15, 0.2) is 0 Å². The van der Waals surface area contributed by atoms with Crippen LogP contribution in [0.2, 0.25) is 5.02 Å². The summed E-state index contributed by atoms with van der Waals surface area (Å²) >= 11 is 7.81. The zero-order chi connectivity index (χ0) is 14.5. The minimum Gasteiger partial charge on any atom is -0.397 e. The number of nitrogens with two attached hydrogens (primary N) is 1. The van der Waals surface area contributed by atoms with Gasteiger partial charge in [-0.05, 0) is 37.4 Å². The summed E-state index contributed by atoms with van der Waals surface area (Å²) in [6, 6.07) is 5.69. The van der Waals surface area contributed by atoms with E-state index in [0.29, 0.717) is 28.9 Å². The molecule has 0 aromatic heterocycles. The highest BCUT2D eigenvalue weighted by molar-refractivity contribution is 7.99. The van der Waals surface area contributed by atoms with E-state index in [-0.39, 0.29) is 5.91 Å². The van der Waals surface area contributed by atoms with Crippen molar-refractivity contribution in [1.82, 2.24) is 4.90 Å². The number of amides is 1. The molecule has 110 valence electrons. The Hall–Kier alpha value is -0.910. The number of hydrogen-bond acceptors (Lipinski definition) is 4. The molecule has 0 bridgehead atoms. The van der Waals surface area contributed by atoms with Crippen LogP contribution in [0.3, 0.4) is 0 Å². The maximum Gasteiger partial charge on any atom is 0.225 e. The number of nitrogen functional groups attached to an aromatic ring is 1. The standard InChI is InChI=1S/C14H20ClN3OS/c1-18(11-5-7-20-9-11)6-4-14(19)17-13-3-2-10(15)8-12(13)16/h2-3,8,11H,4-7,9,16H2,1H3,(H,17,19). The van der Waals surface area contributed by atoms with E-state index in [4.69, 9.17) is 17.3 Å². The van der Waals surface area contributed by atoms with Crippen molar-refractivity contribution in [3.05, 3.63) is 23.2 Å². The third-order valence-electron chi connectivity index (χ3n) is 3.51. The van der Waals surface area contributed by atoms with E-state index in [0.717, 1.165) is 6.54 Å². The highest BCUT2D eigenvalue weighted by Crippen LogP contribution is 2.23. The second-order valence-corrected chi connectivity index (χ2v) is 6.61. The largest absolute Gasteiger partial charge is 0.397 e. The summed E-state index contributed by atoms with van der Waals surface area (Å²) in [5, 5.41) is 3.40. The molecular weight excluding hydrogens is 294 g/mol. The Kier molecular flexibility index (Phi) is 5.57. The van der Waals surface area contributed by atoms with Gasteiger partial charge in [0, 0.05) is 29.8 Å². The summed E-state index contributed by atoms with van der Waals surface area (Å²) in [7, 11) is 2.08. The number of carbonyl (C=O) groups is 1. The van der Waals surface area contributed by atoms with E-state index in [2.05, 4.69) is 17.3 Å². The zero-order valence-corrected chi connectivity index (χ0v) is 13.1. The number of nitrogens with zero attached hydrogens (tertiary/aromatic N) is 1. The maximum atomic E-state index is 11.9. The van der Waals surface area contributed by atoms with Crippen molar-refractivity contribution in [3.63, 3.8) is 0 Å². The van der Waals surface area contributed by atoms with Gasteiger partial charge >= 0.3 is 0 Å². The number of anilines is 2. The molecule has 20 heavy (non-hydrogen) atoms. The van der Waals surface area contributed by atoms with Crippen LogP contribution >= 0.6 is 23.4 Å². The fourth-order valence-electron chi connectivity index (χ4n) is 2.19. The van der Waals surface area contributed by atoms with Gasteiger partial charge < -0.3 is 16.0 Å². The van der Waals surface area contributed by atoms with Crippen molar-refractivity contribution in [1.29, 1.82) is 0 Å². The number of rotatable bonds is 5. The molecule has 1 heterocycles. The summed E-state index contributed by atoms with van der Waals surface area (Å²) in [6.45, 7) is 0.768. The summed E-state index contributed by atoms with van der Waals surface area (Å²) in [5.41, 5.74) is 6.93. The molecule has 1 saturated heterocycles. The lowest BCUT2D eigenvalue weighted by atomic mass is 10.2. The maximum absolute atomic E-state index is 11.9. The van der Waals surface area contributed by atoms with Gasteiger partial charge in [0.2, 0.25) is 5.91 Å². The van der Waals surface area contributed by atoms with Gasteiger partial charge in [-0.3, -0.25) is 4.79 Å². The summed E-state index contributed by atoms with van der Waals surface area (Å²) in [5.74, 6) is 2.38. The van der Waals surface area contributed by atoms with E-state index in [1.807, 2.05) is 11.8 Å². The summed E-state index contributed by atoms with van der Waals surface area (Å²) in [4.78, 5) is 14.2. The number of thioether (sulfide) groups is 1. The van der Waals surface area contributed by atoms with Gasteiger partial charge in [-0.1, -0.05) is 11.6 Å². The van der Waals surface area contributed by atoms with Crippen LogP contribution in [-0.2, 0) is 4.79 Å². The first-order valence-electron chi connectivity index (χ1n) is 6.69. The van der Waals surface area contributed by atoms with Gasteiger partial charge in [-0.15, -0.1) is 0 Å². The SMILES string of the molecule is CN(CCC(=O)Nc1ccc(Cl)cc1N)C1CCSC1. The Bertz CT molecular complexity index is 477. The monoisotopic (exact) mass is 313 g/mol. The molecule has 1 aromatic rings. The van der Waals surface area contributed by atoms with Crippen LogP contribution in [-0.4, -0.2) is 41.9 Å². The molecule has 1 fully saturated rings. The van der Waals surface area contributed by atoms with Crippen molar-refractivity contribution >= 4 is 40.6 Å². The molecule has 1 amide bonds. The zero-order valence-electron chi connectivity index (χ0n) is 11.6. The quantitative estimate of drug-likeness (QED) is 0.821. The fraction of sp³-hybridized carbons (Fsp3) is 0.500. The topological polar surface area (TPSA) is 58.4 Å². The van der Waals surface area contributed by atoms with Gasteiger partial charge in [-0.25, -0.2) is 0 Å². The lowest BCUT2D eigenvalue weighted by molar-refractivity contribution is -0.116. The van der Waals surface area contributed by atoms with Crippen LogP contribution in [0.15, 0.2) is 18.2 Å². The molecule has 1 aromatic carbocycles. The minimum absolute atomic E-state index is 0.0171. The molecular formula is C14H20ClN3OS. The van der Waals surface area contributed by atoms with E-state index in [1.165, 1.54) is 17.9 Å². The molecule has 3 N–H and O–H groups in total. The highest BCUT2D eigenvalue weighted by Gasteiger charge is 2.20. The predicted octanol–water partition coefficient (Wildman–Crippen LogP) is 2.69. The third kappa shape index (κ3) is 4.30. The molecule has 4 nitrogen and oxygen atoms in total. The van der Waals surface area contributed by atoms with Gasteiger partial charge in [0.05, 0.1) is 11.4 Å². The summed E-state index contributed by atoms with van der Waals surface area (Å²) < 4.78 is 0. The Morgan fingerprint density at radius 2 is 2.40 bits per heavy atom. The van der Waals surface area contributed by atoms with Crippen molar-refractivity contribution in [2.75, 3.05) is 36.1 Å². The van der Waals surface area contributed by atoms with Crippen LogP contribution in [0.1, 0.15) is 12.8 Å². The molecule has 0 aliphatic carbocycles. The third-order valence-corrected chi connectivity index (χ3v) is 4.89. The average Bonchev–Trinajstić information content (AvgIpc) is 2.93. The second kappa shape index (κ2) is 7.20. The van der Waals surface area contributed by atoms with Crippen LogP contribution in [0.5, 0.6) is 0 Å². The minimum atomic E-state index is -0.0171. The Morgan fingerprint density at radius 3 is 3.05 bits per heavy atom. The second-order valence-electron chi connectivity index (χ2n) is 5.03. The van der Waals surface area contributed by atoms with Crippen molar-refractivity contribution in [2.24, 2.45) is 0 Å². The first-order valence-corrected chi connectivity index (χ1v) is 8.22. The molecule has 1 unspecified atom stereocenters. The molecule has 2 rings (SSSR count). The van der Waals surface area contributed by atoms with E-state index in [9.17, 15) is 4.79 Å². The molecule has 0 radical (unpaired) electrons. The Morgan fingerprint density at radius 1 is 1.60 bits per heavy atom. The molecule has 1 atom stereocenters. The van der Waals surface area contributed by atoms with E-state index < -0.39 is 0 Å². The lowest BCUT2D eigenvalue weighted by Gasteiger charge is -2.23. The van der Waals surface area contributed by atoms with E-state index in [1.54, 1.807) is 18.2 Å². The number of benzene rings is 1. The Balaban J connectivity index is 1.80. The van der Waals surface area contributed by atoms with Crippen LogP contribution in [0, 0.1) is 0 Å². The van der Waals surface area contributed by atoms with Crippen LogP contribution in [0.4, 0.5) is 11.4 Å². The first kappa shape index (κ1) is 15.5. The number of carbonyl (C=O) groups excluding carboxylic acids is 1. The Labute approximate surface area is 129 Å². The molecule has 0 saturated carbocycles. The molecule has 0 spiro atoms.